The molecule has 3 rings (SSSR count). The zero-order chi connectivity index (χ0) is 26.2. The average Bonchev–Trinajstić information content (AvgIpc) is 2.87. The summed E-state index contributed by atoms with van der Waals surface area (Å²) in [4.78, 5) is 28.2. The van der Waals surface area contributed by atoms with Crippen LogP contribution in [0.3, 0.4) is 0 Å². The maximum Gasteiger partial charge on any atom is 0.305 e. The number of ether oxygens (including phenoxy) is 1. The lowest BCUT2D eigenvalue weighted by Gasteiger charge is -2.17. The van der Waals surface area contributed by atoms with Crippen LogP contribution in [0.1, 0.15) is 33.6 Å². The number of carbonyl (C=O) groups excluding carboxylic acids is 1. The number of benzene rings is 2. The molecule has 9 heteroatoms. The van der Waals surface area contributed by atoms with Gasteiger partial charge in [-0.1, -0.05) is 24.3 Å². The Morgan fingerprint density at radius 2 is 1.69 bits per heavy atom. The minimum absolute atomic E-state index is 0.179. The Morgan fingerprint density at radius 3 is 2.28 bits per heavy atom. The molecular weight excluding hydrogens is 460 g/mol. The summed E-state index contributed by atoms with van der Waals surface area (Å²) in [5.74, 6) is -0.963. The molecule has 9 nitrogen and oxygen atoms in total. The fraction of sp³-hybridized carbons (Fsp3) is 0.296. The third-order valence-corrected chi connectivity index (χ3v) is 6.09. The van der Waals surface area contributed by atoms with E-state index in [2.05, 4.69) is 33.9 Å². The minimum atomic E-state index is -1.01. The lowest BCUT2D eigenvalue weighted by atomic mass is 9.94. The maximum atomic E-state index is 13.0. The van der Waals surface area contributed by atoms with Crippen LogP contribution in [-0.2, 0) is 11.3 Å². The number of hydrogen-bond donors (Lipinski definition) is 5. The van der Waals surface area contributed by atoms with Crippen LogP contribution in [0.25, 0.3) is 11.1 Å². The Hall–Kier alpha value is -3.95. The highest BCUT2D eigenvalue weighted by Gasteiger charge is 2.17. The number of carbonyl (C=O) groups is 2. The molecule has 0 fully saturated rings. The van der Waals surface area contributed by atoms with Crippen LogP contribution >= 0.6 is 0 Å². The Bertz CT molecular complexity index is 1240. The van der Waals surface area contributed by atoms with E-state index in [9.17, 15) is 14.7 Å². The minimum Gasteiger partial charge on any atom is -0.496 e. The summed E-state index contributed by atoms with van der Waals surface area (Å²) in [5, 5.41) is 27.4. The van der Waals surface area contributed by atoms with Crippen LogP contribution < -0.4 is 20.7 Å². The molecule has 0 bridgehead atoms. The Labute approximate surface area is 210 Å². The second kappa shape index (κ2) is 12.1. The van der Waals surface area contributed by atoms with E-state index < -0.39 is 12.0 Å². The number of hydrogen-bond acceptors (Lipinski definition) is 7. The molecule has 1 heterocycles. The Kier molecular flexibility index (Phi) is 8.99. The van der Waals surface area contributed by atoms with Gasteiger partial charge in [0, 0.05) is 48.8 Å². The molecule has 1 atom stereocenters. The predicted octanol–water partition coefficient (Wildman–Crippen LogP) is 3.59. The van der Waals surface area contributed by atoms with Gasteiger partial charge in [-0.15, -0.1) is 0 Å². The third kappa shape index (κ3) is 6.18. The lowest BCUT2D eigenvalue weighted by Crippen LogP contribution is -2.34. The van der Waals surface area contributed by atoms with Crippen molar-refractivity contribution in [3.05, 3.63) is 71.0 Å². The summed E-state index contributed by atoms with van der Waals surface area (Å²) in [6.45, 7) is 3.93. The normalized spacial score (nSPS) is 11.6. The van der Waals surface area contributed by atoms with Crippen molar-refractivity contribution in [1.29, 1.82) is 0 Å². The van der Waals surface area contributed by atoms with Crippen LogP contribution in [0, 0.1) is 13.8 Å². The molecule has 1 amide bonds. The maximum absolute atomic E-state index is 13.0. The molecule has 5 N–H and O–H groups in total. The van der Waals surface area contributed by atoms with E-state index in [4.69, 9.17) is 9.84 Å². The number of pyridine rings is 1. The van der Waals surface area contributed by atoms with Crippen molar-refractivity contribution in [1.82, 2.24) is 10.3 Å². The van der Waals surface area contributed by atoms with Crippen molar-refractivity contribution in [3.63, 3.8) is 0 Å². The smallest absolute Gasteiger partial charge is 0.305 e. The van der Waals surface area contributed by atoms with Gasteiger partial charge in [0.25, 0.3) is 5.91 Å². The second-order valence-corrected chi connectivity index (χ2v) is 8.40. The Morgan fingerprint density at radius 1 is 1.06 bits per heavy atom. The number of nitrogens with one attached hydrogen (secondary N) is 3. The zero-order valence-corrected chi connectivity index (χ0v) is 20.9. The van der Waals surface area contributed by atoms with E-state index in [0.29, 0.717) is 17.0 Å². The summed E-state index contributed by atoms with van der Waals surface area (Å²) in [6.07, 6.45) is 1.29. The second-order valence-electron chi connectivity index (χ2n) is 8.40. The molecule has 0 saturated carbocycles. The van der Waals surface area contributed by atoms with Gasteiger partial charge in [-0.25, -0.2) is 0 Å². The molecule has 36 heavy (non-hydrogen) atoms. The SMILES string of the molecule is CNc1cccc(-c2cccc(NC(=O)c3cc(OC)c(CN[C@H](CO)CC(=O)O)cn3)c2C)c1C. The first-order chi connectivity index (χ1) is 17.3. The summed E-state index contributed by atoms with van der Waals surface area (Å²) >= 11 is 0. The van der Waals surface area contributed by atoms with Gasteiger partial charge in [0.1, 0.15) is 11.4 Å². The van der Waals surface area contributed by atoms with Crippen molar-refractivity contribution in [2.75, 3.05) is 31.4 Å². The number of anilines is 2. The van der Waals surface area contributed by atoms with E-state index in [0.717, 1.165) is 27.9 Å². The first kappa shape index (κ1) is 26.7. The van der Waals surface area contributed by atoms with Crippen molar-refractivity contribution in [2.24, 2.45) is 0 Å². The molecule has 3 aromatic rings. The first-order valence-electron chi connectivity index (χ1n) is 11.6. The number of aliphatic carboxylic acids is 1. The quantitative estimate of drug-likeness (QED) is 0.274. The van der Waals surface area contributed by atoms with Crippen molar-refractivity contribution >= 4 is 23.3 Å². The van der Waals surface area contributed by atoms with Crippen LogP contribution in [0.5, 0.6) is 5.75 Å². The fourth-order valence-electron chi connectivity index (χ4n) is 4.03. The Balaban J connectivity index is 1.80. The van der Waals surface area contributed by atoms with Gasteiger partial charge in [-0.2, -0.15) is 0 Å². The molecule has 0 saturated heterocycles. The van der Waals surface area contributed by atoms with Crippen LogP contribution in [0.2, 0.25) is 0 Å². The van der Waals surface area contributed by atoms with E-state index in [-0.39, 0.29) is 31.2 Å². The number of amides is 1. The third-order valence-electron chi connectivity index (χ3n) is 6.09. The number of aliphatic hydroxyl groups excluding tert-OH is 1. The fourth-order valence-corrected chi connectivity index (χ4v) is 4.03. The molecule has 0 radical (unpaired) electrons. The molecule has 0 aliphatic heterocycles. The number of rotatable bonds is 11. The van der Waals surface area contributed by atoms with Gasteiger partial charge in [0.05, 0.1) is 20.1 Å². The van der Waals surface area contributed by atoms with Crippen LogP contribution in [0.15, 0.2) is 48.7 Å². The van der Waals surface area contributed by atoms with Crippen LogP contribution in [0.4, 0.5) is 11.4 Å². The van der Waals surface area contributed by atoms with Gasteiger partial charge in [0.2, 0.25) is 0 Å². The highest BCUT2D eigenvalue weighted by molar-refractivity contribution is 6.04. The molecule has 0 aliphatic carbocycles. The van der Waals surface area contributed by atoms with Gasteiger partial charge >= 0.3 is 5.97 Å². The highest BCUT2D eigenvalue weighted by atomic mass is 16.5. The van der Waals surface area contributed by atoms with E-state index in [1.165, 1.54) is 19.4 Å². The van der Waals surface area contributed by atoms with Gasteiger partial charge in [0.15, 0.2) is 0 Å². The predicted molar refractivity (Wildman–Crippen MR) is 140 cm³/mol. The molecule has 0 aliphatic rings. The molecule has 0 spiro atoms. The van der Waals surface area contributed by atoms with Gasteiger partial charge in [-0.05, 0) is 48.2 Å². The highest BCUT2D eigenvalue weighted by Crippen LogP contribution is 2.33. The number of carboxylic acid groups (broad SMARTS) is 1. The van der Waals surface area contributed by atoms with Crippen LogP contribution in [-0.4, -0.2) is 53.9 Å². The van der Waals surface area contributed by atoms with E-state index >= 15 is 0 Å². The van der Waals surface area contributed by atoms with E-state index in [1.807, 2.05) is 44.3 Å². The molecule has 190 valence electrons. The molecule has 2 aromatic carbocycles. The standard InChI is InChI=1S/C27H32N4O5/c1-16-20(7-5-9-22(16)28-3)21-8-6-10-23(17(21)2)31-27(35)24-12-25(36-4)18(14-30-24)13-29-19(15-32)11-26(33)34/h5-10,12,14,19,28-29,32H,11,13,15H2,1-4H3,(H,31,35)(H,33,34)/t19-/m0/s1. The summed E-state index contributed by atoms with van der Waals surface area (Å²) in [7, 11) is 3.37. The monoisotopic (exact) mass is 492 g/mol. The number of carboxylic acids is 1. The van der Waals surface area contributed by atoms with Crippen molar-refractivity contribution in [3.8, 4) is 16.9 Å². The number of aliphatic hydroxyl groups is 1. The zero-order valence-electron chi connectivity index (χ0n) is 20.9. The first-order valence-corrected chi connectivity index (χ1v) is 11.6. The number of aromatic nitrogens is 1. The van der Waals surface area contributed by atoms with Crippen molar-refractivity contribution < 1.29 is 24.5 Å². The molecule has 0 unspecified atom stereocenters. The summed E-state index contributed by atoms with van der Waals surface area (Å²) in [5.41, 5.74) is 6.69. The average molecular weight is 493 g/mol. The van der Waals surface area contributed by atoms with Gasteiger partial charge < -0.3 is 30.9 Å². The summed E-state index contributed by atoms with van der Waals surface area (Å²) < 4.78 is 5.42. The van der Waals surface area contributed by atoms with Crippen molar-refractivity contribution in [2.45, 2.75) is 32.9 Å². The molecule has 1 aromatic heterocycles. The summed E-state index contributed by atoms with van der Waals surface area (Å²) in [6, 6.07) is 12.8. The van der Waals surface area contributed by atoms with E-state index in [1.54, 1.807) is 0 Å². The largest absolute Gasteiger partial charge is 0.496 e. The number of methoxy groups -OCH3 is 1. The number of nitrogens with zero attached hydrogens (tertiary/aromatic N) is 1. The lowest BCUT2D eigenvalue weighted by molar-refractivity contribution is -0.137. The van der Waals surface area contributed by atoms with Gasteiger partial charge in [-0.3, -0.25) is 14.6 Å². The topological polar surface area (TPSA) is 133 Å². The molecular formula is C27H32N4O5.